The molecular weight excluding hydrogens is 727 g/mol. The number of rotatable bonds is 7. The van der Waals surface area contributed by atoms with Gasteiger partial charge in [0, 0.05) is 28.1 Å². The summed E-state index contributed by atoms with van der Waals surface area (Å²) in [7, 11) is 0. The number of aromatic nitrogens is 1. The monoisotopic (exact) mass is 764 g/mol. The maximum absolute atomic E-state index is 5.16. The minimum Gasteiger partial charge on any atom is -0.309 e. The van der Waals surface area contributed by atoms with Crippen LogP contribution in [0.5, 0.6) is 0 Å². The van der Waals surface area contributed by atoms with Gasteiger partial charge in [0.1, 0.15) is 5.69 Å². The molecule has 2 aliphatic rings. The molecule has 9 aromatic carbocycles. The van der Waals surface area contributed by atoms with Gasteiger partial charge in [-0.1, -0.05) is 181 Å². The van der Waals surface area contributed by atoms with Crippen molar-refractivity contribution in [2.75, 3.05) is 0 Å². The summed E-state index contributed by atoms with van der Waals surface area (Å²) in [6.45, 7) is 0. The summed E-state index contributed by atoms with van der Waals surface area (Å²) in [4.78, 5) is 5.16. The van der Waals surface area contributed by atoms with Crippen LogP contribution in [0.25, 0.3) is 49.7 Å². The van der Waals surface area contributed by atoms with Gasteiger partial charge in [0.05, 0.1) is 27.6 Å². The molecule has 1 aromatic heterocycles. The summed E-state index contributed by atoms with van der Waals surface area (Å²) in [6.07, 6.45) is 0. The van der Waals surface area contributed by atoms with Gasteiger partial charge in [-0.3, -0.25) is 0 Å². The Bertz CT molecular complexity index is 3290. The lowest BCUT2D eigenvalue weighted by atomic mass is 9.67. The average Bonchev–Trinajstić information content (AvgIpc) is 3.81. The molecule has 280 valence electrons. The Morgan fingerprint density at radius 3 is 1.70 bits per heavy atom. The van der Waals surface area contributed by atoms with Gasteiger partial charge in [-0.2, -0.15) is 4.58 Å². The van der Waals surface area contributed by atoms with E-state index >= 15 is 0 Å². The molecule has 0 bridgehead atoms. The molecule has 0 atom stereocenters. The van der Waals surface area contributed by atoms with Crippen molar-refractivity contribution >= 4 is 39.2 Å². The van der Waals surface area contributed by atoms with Gasteiger partial charge < -0.3 is 4.57 Å². The van der Waals surface area contributed by atoms with Gasteiger partial charge in [-0.05, 0) is 87.5 Å². The van der Waals surface area contributed by atoms with Crippen molar-refractivity contribution in [1.29, 1.82) is 0 Å². The summed E-state index contributed by atoms with van der Waals surface area (Å²) in [6, 6.07) is 83.8. The molecule has 1 aliphatic carbocycles. The fourth-order valence-corrected chi connectivity index (χ4v) is 9.95. The van der Waals surface area contributed by atoms with Crippen LogP contribution in [-0.2, 0) is 5.41 Å². The van der Waals surface area contributed by atoms with E-state index < -0.39 is 5.41 Å². The number of amidine groups is 2. The third kappa shape index (κ3) is 5.03. The van der Waals surface area contributed by atoms with Gasteiger partial charge in [-0.15, -0.1) is 0 Å². The second-order valence-electron chi connectivity index (χ2n) is 15.7. The summed E-state index contributed by atoms with van der Waals surface area (Å²) >= 11 is 0. The highest BCUT2D eigenvalue weighted by Gasteiger charge is 2.48. The van der Waals surface area contributed by atoms with Crippen LogP contribution < -0.4 is 0 Å². The van der Waals surface area contributed by atoms with Gasteiger partial charge in [0.25, 0.3) is 11.7 Å². The molecule has 3 nitrogen and oxygen atoms in total. The zero-order valence-electron chi connectivity index (χ0n) is 32.8. The normalized spacial score (nSPS) is 13.8. The van der Waals surface area contributed by atoms with Crippen LogP contribution in [0.3, 0.4) is 0 Å². The molecule has 0 fully saturated rings. The second-order valence-corrected chi connectivity index (χ2v) is 15.7. The number of aliphatic imine (C=N–C) groups is 1. The van der Waals surface area contributed by atoms with Crippen molar-refractivity contribution in [1.82, 2.24) is 4.57 Å². The molecule has 10 aromatic rings. The molecule has 3 heteroatoms. The van der Waals surface area contributed by atoms with E-state index in [1.165, 1.54) is 60.8 Å². The first-order valence-corrected chi connectivity index (χ1v) is 20.6. The molecule has 0 amide bonds. The Kier molecular flexibility index (Phi) is 7.76. The third-order valence-corrected chi connectivity index (χ3v) is 12.5. The molecule has 0 unspecified atom stereocenters. The summed E-state index contributed by atoms with van der Waals surface area (Å²) in [5.41, 5.74) is 16.1. The van der Waals surface area contributed by atoms with Gasteiger partial charge in [0.2, 0.25) is 0 Å². The fourth-order valence-electron chi connectivity index (χ4n) is 9.95. The first-order valence-electron chi connectivity index (χ1n) is 20.6. The number of fused-ring (bicyclic) bond motifs is 7. The third-order valence-electron chi connectivity index (χ3n) is 12.5. The minimum atomic E-state index is -0.585. The predicted octanol–water partition coefficient (Wildman–Crippen LogP) is 13.4. The Hall–Kier alpha value is -7.88. The topological polar surface area (TPSA) is 20.3 Å². The zero-order valence-corrected chi connectivity index (χ0v) is 32.8. The van der Waals surface area contributed by atoms with E-state index in [1.54, 1.807) is 0 Å². The highest BCUT2D eigenvalue weighted by atomic mass is 15.2. The van der Waals surface area contributed by atoms with Gasteiger partial charge in [-0.25, -0.2) is 0 Å². The van der Waals surface area contributed by atoms with Crippen LogP contribution in [-0.4, -0.2) is 20.8 Å². The Balaban J connectivity index is 1.20. The van der Waals surface area contributed by atoms with E-state index in [9.17, 15) is 0 Å². The minimum absolute atomic E-state index is 0.585. The maximum atomic E-state index is 5.16. The molecule has 1 aliphatic heterocycles. The Labute approximate surface area is 349 Å². The van der Waals surface area contributed by atoms with E-state index in [4.69, 9.17) is 4.99 Å². The summed E-state index contributed by atoms with van der Waals surface area (Å²) in [5, 5.41) is 2.44. The lowest BCUT2D eigenvalue weighted by molar-refractivity contribution is -0.319. The van der Waals surface area contributed by atoms with E-state index in [1.807, 2.05) is 0 Å². The van der Waals surface area contributed by atoms with Crippen molar-refractivity contribution in [2.45, 2.75) is 5.41 Å². The molecule has 60 heavy (non-hydrogen) atoms. The van der Waals surface area contributed by atoms with Crippen molar-refractivity contribution in [3.8, 4) is 27.9 Å². The van der Waals surface area contributed by atoms with Crippen LogP contribution in [0.15, 0.2) is 236 Å². The first-order chi connectivity index (χ1) is 29.8. The fraction of sp³-hybridized carbons (Fsp3) is 0.0175. The zero-order chi connectivity index (χ0) is 39.6. The molecular formula is C57H38N3+. The molecule has 0 N–H and O–H groups in total. The molecule has 0 saturated carbocycles. The Morgan fingerprint density at radius 1 is 0.417 bits per heavy atom. The van der Waals surface area contributed by atoms with Crippen LogP contribution in [0.2, 0.25) is 0 Å². The lowest BCUT2D eigenvalue weighted by Crippen LogP contribution is -2.34. The number of nitrogens with zero attached hydrogens (tertiary/aromatic N) is 3. The molecule has 0 saturated heterocycles. The largest absolute Gasteiger partial charge is 0.309 e. The highest BCUT2D eigenvalue weighted by molar-refractivity contribution is 6.17. The molecule has 2 heterocycles. The predicted molar refractivity (Wildman–Crippen MR) is 247 cm³/mol. The Morgan fingerprint density at radius 2 is 1.02 bits per heavy atom. The van der Waals surface area contributed by atoms with Crippen LogP contribution in [0.4, 0.5) is 5.69 Å². The van der Waals surface area contributed by atoms with Crippen molar-refractivity contribution < 1.29 is 4.58 Å². The second kappa shape index (κ2) is 13.6. The standard InChI is InChI=1S/C57H38N3/c1-6-19-39(20-7-1)42-33-36-52-50(37-42)49-35-34-48-47-31-16-17-32-51(47)57(43-25-12-4-13-26-43,44-27-14-5-15-28-44)53(48)54(49)59(52)45-29-18-30-46(38-45)60-55(40-21-8-2-9-22-40)58-56(60)41-23-10-3-11-24-41/h1-38H/q+1. The number of hydrogen-bond donors (Lipinski definition) is 0. The van der Waals surface area contributed by atoms with Crippen molar-refractivity contribution in [2.24, 2.45) is 4.99 Å². The van der Waals surface area contributed by atoms with E-state index in [0.29, 0.717) is 0 Å². The van der Waals surface area contributed by atoms with Crippen LogP contribution in [0, 0.1) is 0 Å². The maximum Gasteiger partial charge on any atom is 0.279 e. The van der Waals surface area contributed by atoms with Crippen molar-refractivity contribution in [3.63, 3.8) is 0 Å². The van der Waals surface area contributed by atoms with Gasteiger partial charge in [0.15, 0.2) is 0 Å². The summed E-state index contributed by atoms with van der Waals surface area (Å²) in [5.74, 6) is 1.87. The molecule has 0 radical (unpaired) electrons. The highest BCUT2D eigenvalue weighted by Crippen LogP contribution is 2.59. The first kappa shape index (κ1) is 34.2. The van der Waals surface area contributed by atoms with E-state index in [-0.39, 0.29) is 0 Å². The van der Waals surface area contributed by atoms with Crippen LogP contribution >= 0.6 is 0 Å². The number of hydrogen-bond acceptors (Lipinski definition) is 1. The number of benzene rings is 9. The lowest BCUT2D eigenvalue weighted by Gasteiger charge is -2.34. The van der Waals surface area contributed by atoms with E-state index in [2.05, 4.69) is 240 Å². The van der Waals surface area contributed by atoms with Crippen molar-refractivity contribution in [3.05, 3.63) is 264 Å². The average molecular weight is 765 g/mol. The quantitative estimate of drug-likeness (QED) is 0.144. The summed E-state index contributed by atoms with van der Waals surface area (Å²) < 4.78 is 4.85. The van der Waals surface area contributed by atoms with E-state index in [0.717, 1.165) is 39.7 Å². The smallest absolute Gasteiger partial charge is 0.279 e. The van der Waals surface area contributed by atoms with Gasteiger partial charge >= 0.3 is 0 Å². The molecule has 12 rings (SSSR count). The van der Waals surface area contributed by atoms with Crippen LogP contribution in [0.1, 0.15) is 33.4 Å². The molecule has 0 spiro atoms. The SMILES string of the molecule is c1ccc(C2=NC(c3ccccc3)=[N+]2c2cccc(-n3c4ccc(-c5ccccc5)cc4c4ccc5c(c43)C(c3ccccc3)(c3ccccc3)c3ccccc3-5)c2)cc1.